The molecule has 0 aliphatic carbocycles. The summed E-state index contributed by atoms with van der Waals surface area (Å²) < 4.78 is 33.8. The molecule has 1 aromatic carbocycles. The summed E-state index contributed by atoms with van der Waals surface area (Å²) in [5, 5.41) is 8.93. The van der Waals surface area contributed by atoms with Crippen LogP contribution < -0.4 is 4.74 Å². The molecule has 0 aliphatic rings. The Bertz CT molecular complexity index is 514. The first-order valence-corrected chi connectivity index (χ1v) is 5.79. The van der Waals surface area contributed by atoms with Crippen LogP contribution in [0.5, 0.6) is 5.75 Å². The van der Waals surface area contributed by atoms with E-state index in [1.807, 2.05) is 0 Å². The Morgan fingerprint density at radius 3 is 2.74 bits per heavy atom. The van der Waals surface area contributed by atoms with Crippen molar-refractivity contribution in [2.45, 2.75) is 24.9 Å². The second-order valence-electron chi connectivity index (χ2n) is 3.42. The molecule has 7 heteroatoms. The predicted octanol–water partition coefficient (Wildman–Crippen LogP) is 2.55. The zero-order valence-corrected chi connectivity index (χ0v) is 10.9. The number of esters is 1. The molecule has 1 rings (SSSR count). The number of ether oxygens (including phenoxy) is 2. The monoisotopic (exact) mass is 287 g/mol. The quantitative estimate of drug-likeness (QED) is 0.668. The standard InChI is InChI=1S/C12H11F2NO3S/c1-2-17-10(16)5-7-3-4-9(19)8(6-15)11(7)18-12(13)14/h3-4,12,19H,2,5H2,1H3. The van der Waals surface area contributed by atoms with Crippen molar-refractivity contribution in [2.75, 3.05) is 6.61 Å². The highest BCUT2D eigenvalue weighted by Crippen LogP contribution is 2.30. The molecule has 0 aliphatic heterocycles. The lowest BCUT2D eigenvalue weighted by Gasteiger charge is -2.13. The van der Waals surface area contributed by atoms with E-state index in [4.69, 9.17) is 10.00 Å². The third-order valence-corrected chi connectivity index (χ3v) is 2.55. The normalized spacial score (nSPS) is 10.1. The lowest BCUT2D eigenvalue weighted by atomic mass is 10.1. The number of hydrogen-bond acceptors (Lipinski definition) is 5. The third-order valence-electron chi connectivity index (χ3n) is 2.18. The van der Waals surface area contributed by atoms with E-state index in [0.717, 1.165) is 0 Å². The number of thiol groups is 1. The van der Waals surface area contributed by atoms with E-state index >= 15 is 0 Å². The first-order valence-electron chi connectivity index (χ1n) is 5.35. The van der Waals surface area contributed by atoms with E-state index in [1.165, 1.54) is 12.1 Å². The molecule has 0 atom stereocenters. The van der Waals surface area contributed by atoms with Crippen molar-refractivity contribution in [3.63, 3.8) is 0 Å². The van der Waals surface area contributed by atoms with Crippen LogP contribution >= 0.6 is 12.6 Å². The molecule has 0 bridgehead atoms. The van der Waals surface area contributed by atoms with Gasteiger partial charge in [0.1, 0.15) is 17.4 Å². The number of nitrogens with zero attached hydrogens (tertiary/aromatic N) is 1. The van der Waals surface area contributed by atoms with E-state index in [9.17, 15) is 13.6 Å². The van der Waals surface area contributed by atoms with Gasteiger partial charge in [0, 0.05) is 10.5 Å². The summed E-state index contributed by atoms with van der Waals surface area (Å²) in [6.45, 7) is -1.28. The minimum Gasteiger partial charge on any atom is -0.466 e. The maximum absolute atomic E-state index is 12.4. The number of halogens is 2. The SMILES string of the molecule is CCOC(=O)Cc1ccc(S)c(C#N)c1OC(F)F. The maximum atomic E-state index is 12.4. The molecule has 0 radical (unpaired) electrons. The molecule has 0 saturated carbocycles. The average Bonchev–Trinajstić information content (AvgIpc) is 2.33. The summed E-state index contributed by atoms with van der Waals surface area (Å²) in [7, 11) is 0. The Morgan fingerprint density at radius 2 is 2.21 bits per heavy atom. The summed E-state index contributed by atoms with van der Waals surface area (Å²) in [6.07, 6.45) is -0.251. The van der Waals surface area contributed by atoms with Gasteiger partial charge in [-0.05, 0) is 13.0 Å². The zero-order valence-electron chi connectivity index (χ0n) is 10.0. The number of alkyl halides is 2. The summed E-state index contributed by atoms with van der Waals surface area (Å²) >= 11 is 3.99. The van der Waals surface area contributed by atoms with Crippen molar-refractivity contribution in [1.82, 2.24) is 0 Å². The molecule has 102 valence electrons. The third kappa shape index (κ3) is 4.10. The summed E-state index contributed by atoms with van der Waals surface area (Å²) in [4.78, 5) is 11.6. The fourth-order valence-electron chi connectivity index (χ4n) is 1.45. The van der Waals surface area contributed by atoms with Crippen LogP contribution in [0.1, 0.15) is 18.1 Å². The fourth-order valence-corrected chi connectivity index (χ4v) is 1.68. The largest absolute Gasteiger partial charge is 0.466 e. The van der Waals surface area contributed by atoms with Crippen molar-refractivity contribution < 1.29 is 23.0 Å². The van der Waals surface area contributed by atoms with Crippen LogP contribution in [-0.4, -0.2) is 19.2 Å². The molecule has 4 nitrogen and oxygen atoms in total. The summed E-state index contributed by atoms with van der Waals surface area (Å²) in [5.41, 5.74) is 0.0264. The molecule has 1 aromatic rings. The van der Waals surface area contributed by atoms with Gasteiger partial charge in [0.2, 0.25) is 0 Å². The Hall–Kier alpha value is -1.81. The van der Waals surface area contributed by atoms with Gasteiger partial charge in [0.25, 0.3) is 0 Å². The summed E-state index contributed by atoms with van der Waals surface area (Å²) in [5.74, 6) is -0.921. The number of benzene rings is 1. The molecule has 0 saturated heterocycles. The molecule has 19 heavy (non-hydrogen) atoms. The van der Waals surface area contributed by atoms with Crippen LogP contribution in [0.3, 0.4) is 0 Å². The van der Waals surface area contributed by atoms with E-state index < -0.39 is 12.6 Å². The van der Waals surface area contributed by atoms with Gasteiger partial charge >= 0.3 is 12.6 Å². The highest BCUT2D eigenvalue weighted by Gasteiger charge is 2.19. The molecule has 0 fully saturated rings. The number of rotatable bonds is 5. The molecule has 0 amide bonds. The molecule has 0 N–H and O–H groups in total. The maximum Gasteiger partial charge on any atom is 0.387 e. The van der Waals surface area contributed by atoms with Gasteiger partial charge in [0.05, 0.1) is 13.0 Å². The van der Waals surface area contributed by atoms with Crippen molar-refractivity contribution >= 4 is 18.6 Å². The lowest BCUT2D eigenvalue weighted by Crippen LogP contribution is -2.12. The van der Waals surface area contributed by atoms with Crippen molar-refractivity contribution in [1.29, 1.82) is 5.26 Å². The Labute approximate surface area is 114 Å². The molecular weight excluding hydrogens is 276 g/mol. The van der Waals surface area contributed by atoms with Gasteiger partial charge < -0.3 is 9.47 Å². The lowest BCUT2D eigenvalue weighted by molar-refractivity contribution is -0.142. The summed E-state index contributed by atoms with van der Waals surface area (Å²) in [6, 6.07) is 4.57. The zero-order chi connectivity index (χ0) is 14.4. The molecular formula is C12H11F2NO3S. The Balaban J connectivity index is 3.16. The topological polar surface area (TPSA) is 59.3 Å². The van der Waals surface area contributed by atoms with Gasteiger partial charge in [-0.2, -0.15) is 14.0 Å². The minimum absolute atomic E-state index is 0.134. The van der Waals surface area contributed by atoms with Gasteiger partial charge in [-0.15, -0.1) is 12.6 Å². The van der Waals surface area contributed by atoms with Gasteiger partial charge in [-0.1, -0.05) is 6.07 Å². The number of hydrogen-bond donors (Lipinski definition) is 1. The first kappa shape index (κ1) is 15.2. The van der Waals surface area contributed by atoms with Gasteiger partial charge in [0.15, 0.2) is 0 Å². The molecule has 0 heterocycles. The Kier molecular flexibility index (Phi) is 5.57. The van der Waals surface area contributed by atoms with Crippen LogP contribution in [0.25, 0.3) is 0 Å². The molecule has 0 unspecified atom stereocenters. The smallest absolute Gasteiger partial charge is 0.387 e. The van der Waals surface area contributed by atoms with Crippen LogP contribution in [0, 0.1) is 11.3 Å². The highest BCUT2D eigenvalue weighted by molar-refractivity contribution is 7.80. The van der Waals surface area contributed by atoms with Gasteiger partial charge in [-0.3, -0.25) is 4.79 Å². The fraction of sp³-hybridized carbons (Fsp3) is 0.333. The van der Waals surface area contributed by atoms with E-state index in [0.29, 0.717) is 0 Å². The van der Waals surface area contributed by atoms with E-state index in [2.05, 4.69) is 17.4 Å². The molecule has 0 spiro atoms. The average molecular weight is 287 g/mol. The van der Waals surface area contributed by atoms with Crippen LogP contribution in [0.4, 0.5) is 8.78 Å². The van der Waals surface area contributed by atoms with E-state index in [1.54, 1.807) is 13.0 Å². The van der Waals surface area contributed by atoms with Crippen LogP contribution in [-0.2, 0) is 16.0 Å². The Morgan fingerprint density at radius 1 is 1.53 bits per heavy atom. The number of carbonyl (C=O) groups excluding carboxylic acids is 1. The molecule has 0 aromatic heterocycles. The predicted molar refractivity (Wildman–Crippen MR) is 65.4 cm³/mol. The van der Waals surface area contributed by atoms with Gasteiger partial charge in [-0.25, -0.2) is 0 Å². The number of carbonyl (C=O) groups is 1. The van der Waals surface area contributed by atoms with E-state index in [-0.39, 0.29) is 34.8 Å². The van der Waals surface area contributed by atoms with Crippen LogP contribution in [0.15, 0.2) is 17.0 Å². The van der Waals surface area contributed by atoms with Crippen molar-refractivity contribution in [3.05, 3.63) is 23.3 Å². The second-order valence-corrected chi connectivity index (χ2v) is 3.90. The number of nitriles is 1. The van der Waals surface area contributed by atoms with Crippen molar-refractivity contribution in [2.24, 2.45) is 0 Å². The minimum atomic E-state index is -3.09. The second kappa shape index (κ2) is 6.95. The van der Waals surface area contributed by atoms with Crippen LogP contribution in [0.2, 0.25) is 0 Å². The highest BCUT2D eigenvalue weighted by atomic mass is 32.1. The van der Waals surface area contributed by atoms with Crippen molar-refractivity contribution in [3.8, 4) is 11.8 Å². The first-order chi connectivity index (χ1) is 8.99.